The minimum atomic E-state index is -3.64. The van der Waals surface area contributed by atoms with E-state index in [1.807, 2.05) is 0 Å². The van der Waals surface area contributed by atoms with Crippen molar-refractivity contribution in [1.29, 1.82) is 0 Å². The van der Waals surface area contributed by atoms with Crippen LogP contribution in [0.15, 0.2) is 51.8 Å². The molecule has 0 aliphatic carbocycles. The van der Waals surface area contributed by atoms with E-state index >= 15 is 0 Å². The molecule has 0 aromatic heterocycles. The van der Waals surface area contributed by atoms with Crippen molar-refractivity contribution in [3.63, 3.8) is 0 Å². The molecule has 0 radical (unpaired) electrons. The predicted molar refractivity (Wildman–Crippen MR) is 84.0 cm³/mol. The first-order chi connectivity index (χ1) is 9.79. The van der Waals surface area contributed by atoms with Gasteiger partial charge < -0.3 is 0 Å². The molecule has 0 aliphatic rings. The molecule has 0 bridgehead atoms. The third-order valence-electron chi connectivity index (χ3n) is 3.15. The van der Waals surface area contributed by atoms with Crippen molar-refractivity contribution in [3.05, 3.63) is 63.9 Å². The van der Waals surface area contributed by atoms with Crippen LogP contribution >= 0.6 is 15.9 Å². The SMILES string of the molecule is Cc1ccc(C(C)NS(=O)(=O)c2ccc(Br)cc2)cc1F. The van der Waals surface area contributed by atoms with Gasteiger partial charge in [0.1, 0.15) is 5.82 Å². The molecule has 0 heterocycles. The summed E-state index contributed by atoms with van der Waals surface area (Å²) in [5.41, 5.74) is 1.11. The van der Waals surface area contributed by atoms with Crippen LogP contribution in [0.4, 0.5) is 4.39 Å². The van der Waals surface area contributed by atoms with Crippen LogP contribution in [-0.2, 0) is 10.0 Å². The first kappa shape index (κ1) is 16.1. The summed E-state index contributed by atoms with van der Waals surface area (Å²) in [6, 6.07) is 10.5. The molecule has 2 aromatic rings. The maximum Gasteiger partial charge on any atom is 0.241 e. The number of rotatable bonds is 4. The Kier molecular flexibility index (Phi) is 4.81. The van der Waals surface area contributed by atoms with Crippen LogP contribution in [0.25, 0.3) is 0 Å². The molecule has 1 unspecified atom stereocenters. The van der Waals surface area contributed by atoms with Gasteiger partial charge in [0.2, 0.25) is 10.0 Å². The lowest BCUT2D eigenvalue weighted by atomic mass is 10.1. The maximum atomic E-state index is 13.6. The van der Waals surface area contributed by atoms with Crippen molar-refractivity contribution in [2.24, 2.45) is 0 Å². The summed E-state index contributed by atoms with van der Waals surface area (Å²) in [6.45, 7) is 3.34. The molecule has 1 N–H and O–H groups in total. The van der Waals surface area contributed by atoms with Crippen LogP contribution in [0.1, 0.15) is 24.1 Å². The number of aryl methyl sites for hydroxylation is 1. The zero-order valence-corrected chi connectivity index (χ0v) is 14.0. The van der Waals surface area contributed by atoms with E-state index in [0.29, 0.717) is 11.1 Å². The molecule has 2 rings (SSSR count). The molecule has 112 valence electrons. The van der Waals surface area contributed by atoms with E-state index in [0.717, 1.165) is 4.47 Å². The lowest BCUT2D eigenvalue weighted by Crippen LogP contribution is -2.27. The molecule has 1 atom stereocenters. The average molecular weight is 372 g/mol. The molecule has 21 heavy (non-hydrogen) atoms. The monoisotopic (exact) mass is 371 g/mol. The van der Waals surface area contributed by atoms with E-state index < -0.39 is 16.1 Å². The number of sulfonamides is 1. The van der Waals surface area contributed by atoms with Gasteiger partial charge in [-0.2, -0.15) is 0 Å². The molecular weight excluding hydrogens is 357 g/mol. The number of hydrogen-bond donors (Lipinski definition) is 1. The highest BCUT2D eigenvalue weighted by Crippen LogP contribution is 2.20. The van der Waals surface area contributed by atoms with Gasteiger partial charge in [-0.3, -0.25) is 0 Å². The van der Waals surface area contributed by atoms with Crippen molar-refractivity contribution in [2.45, 2.75) is 24.8 Å². The summed E-state index contributed by atoms with van der Waals surface area (Å²) in [4.78, 5) is 0.171. The minimum absolute atomic E-state index is 0.171. The molecule has 3 nitrogen and oxygen atoms in total. The van der Waals surface area contributed by atoms with Gasteiger partial charge in [0.15, 0.2) is 0 Å². The number of nitrogens with one attached hydrogen (secondary N) is 1. The fourth-order valence-corrected chi connectivity index (χ4v) is 3.36. The third kappa shape index (κ3) is 3.90. The molecule has 0 saturated carbocycles. The van der Waals surface area contributed by atoms with E-state index in [4.69, 9.17) is 0 Å². The largest absolute Gasteiger partial charge is 0.241 e. The Morgan fingerprint density at radius 2 is 1.76 bits per heavy atom. The van der Waals surface area contributed by atoms with Crippen molar-refractivity contribution in [1.82, 2.24) is 4.72 Å². The normalized spacial score (nSPS) is 13.1. The Labute approximate surface area is 132 Å². The number of halogens is 2. The number of benzene rings is 2. The van der Waals surface area contributed by atoms with Crippen LogP contribution in [-0.4, -0.2) is 8.42 Å². The Morgan fingerprint density at radius 3 is 2.33 bits per heavy atom. The van der Waals surface area contributed by atoms with E-state index in [2.05, 4.69) is 20.7 Å². The first-order valence-corrected chi connectivity index (χ1v) is 8.61. The second-order valence-corrected chi connectivity index (χ2v) is 7.44. The van der Waals surface area contributed by atoms with Gasteiger partial charge in [-0.25, -0.2) is 17.5 Å². The summed E-state index contributed by atoms with van der Waals surface area (Å²) in [5.74, 6) is -0.345. The molecular formula is C15H15BrFNO2S. The number of hydrogen-bond acceptors (Lipinski definition) is 2. The lowest BCUT2D eigenvalue weighted by Gasteiger charge is -2.15. The maximum absolute atomic E-state index is 13.6. The van der Waals surface area contributed by atoms with E-state index in [1.165, 1.54) is 18.2 Å². The zero-order valence-electron chi connectivity index (χ0n) is 11.6. The molecule has 6 heteroatoms. The summed E-state index contributed by atoms with van der Waals surface area (Å²) in [6.07, 6.45) is 0. The quantitative estimate of drug-likeness (QED) is 0.884. The zero-order chi connectivity index (χ0) is 15.6. The van der Waals surface area contributed by atoms with E-state index in [1.54, 1.807) is 38.1 Å². The third-order valence-corrected chi connectivity index (χ3v) is 5.24. The van der Waals surface area contributed by atoms with Crippen molar-refractivity contribution < 1.29 is 12.8 Å². The van der Waals surface area contributed by atoms with Crippen LogP contribution in [0.5, 0.6) is 0 Å². The highest BCUT2D eigenvalue weighted by molar-refractivity contribution is 9.10. The lowest BCUT2D eigenvalue weighted by molar-refractivity contribution is 0.564. The van der Waals surface area contributed by atoms with Crippen LogP contribution < -0.4 is 4.72 Å². The molecule has 2 aromatic carbocycles. The Balaban J connectivity index is 2.23. The topological polar surface area (TPSA) is 46.2 Å². The first-order valence-electron chi connectivity index (χ1n) is 6.33. The van der Waals surface area contributed by atoms with E-state index in [9.17, 15) is 12.8 Å². The van der Waals surface area contributed by atoms with Gasteiger partial charge in [0.05, 0.1) is 4.90 Å². The van der Waals surface area contributed by atoms with Gasteiger partial charge in [0, 0.05) is 10.5 Å². The molecule has 0 amide bonds. The van der Waals surface area contributed by atoms with Gasteiger partial charge in [-0.15, -0.1) is 0 Å². The molecule has 0 fully saturated rings. The second-order valence-electron chi connectivity index (χ2n) is 4.81. The standard InChI is InChI=1S/C15H15BrFNO2S/c1-10-3-4-12(9-15(10)17)11(2)18-21(19,20)14-7-5-13(16)6-8-14/h3-9,11,18H,1-2H3. The molecule has 0 aliphatic heterocycles. The van der Waals surface area contributed by atoms with Crippen LogP contribution in [0.2, 0.25) is 0 Å². The Morgan fingerprint density at radius 1 is 1.14 bits per heavy atom. The van der Waals surface area contributed by atoms with Crippen LogP contribution in [0, 0.1) is 12.7 Å². The Bertz CT molecular complexity index is 745. The molecule has 0 saturated heterocycles. The van der Waals surface area contributed by atoms with Crippen molar-refractivity contribution in [3.8, 4) is 0 Å². The van der Waals surface area contributed by atoms with Gasteiger partial charge >= 0.3 is 0 Å². The van der Waals surface area contributed by atoms with Gasteiger partial charge in [0.25, 0.3) is 0 Å². The second kappa shape index (κ2) is 6.25. The summed E-state index contributed by atoms with van der Waals surface area (Å²) in [5, 5.41) is 0. The highest BCUT2D eigenvalue weighted by atomic mass is 79.9. The van der Waals surface area contributed by atoms with Crippen molar-refractivity contribution >= 4 is 26.0 Å². The minimum Gasteiger partial charge on any atom is -0.207 e. The smallest absolute Gasteiger partial charge is 0.207 e. The molecule has 0 spiro atoms. The van der Waals surface area contributed by atoms with Crippen molar-refractivity contribution in [2.75, 3.05) is 0 Å². The predicted octanol–water partition coefficient (Wildman–Crippen LogP) is 3.94. The summed E-state index contributed by atoms with van der Waals surface area (Å²) in [7, 11) is -3.64. The fourth-order valence-electron chi connectivity index (χ4n) is 1.86. The fraction of sp³-hybridized carbons (Fsp3) is 0.200. The summed E-state index contributed by atoms with van der Waals surface area (Å²) < 4.78 is 41.4. The average Bonchev–Trinajstić information content (AvgIpc) is 2.41. The van der Waals surface area contributed by atoms with Gasteiger partial charge in [-0.1, -0.05) is 28.1 Å². The summed E-state index contributed by atoms with van der Waals surface area (Å²) >= 11 is 3.26. The van der Waals surface area contributed by atoms with Crippen LogP contribution in [0.3, 0.4) is 0 Å². The van der Waals surface area contributed by atoms with E-state index in [-0.39, 0.29) is 10.7 Å². The van der Waals surface area contributed by atoms with Gasteiger partial charge in [-0.05, 0) is 55.3 Å². The Hall–Kier alpha value is -1.24. The highest BCUT2D eigenvalue weighted by Gasteiger charge is 2.18.